The second kappa shape index (κ2) is 7.29. The summed E-state index contributed by atoms with van der Waals surface area (Å²) in [6, 6.07) is 2.87. The molecule has 2 aliphatic heterocycles. The van der Waals surface area contributed by atoms with Crippen LogP contribution in [0.5, 0.6) is 0 Å². The van der Waals surface area contributed by atoms with Crippen molar-refractivity contribution in [2.24, 2.45) is 0 Å². The van der Waals surface area contributed by atoms with Crippen molar-refractivity contribution in [3.63, 3.8) is 0 Å². The lowest BCUT2D eigenvalue weighted by Gasteiger charge is -2.22. The van der Waals surface area contributed by atoms with Crippen LogP contribution in [-0.2, 0) is 21.2 Å². The fourth-order valence-corrected chi connectivity index (χ4v) is 6.05. The Bertz CT molecular complexity index is 970. The lowest BCUT2D eigenvalue weighted by molar-refractivity contribution is -0.140. The Morgan fingerprint density at radius 2 is 1.96 bits per heavy atom. The average Bonchev–Trinajstić information content (AvgIpc) is 3.29. The second-order valence-corrected chi connectivity index (χ2v) is 9.78. The number of sulfonamides is 1. The maximum absolute atomic E-state index is 13.1. The van der Waals surface area contributed by atoms with Crippen LogP contribution >= 0.6 is 11.3 Å². The van der Waals surface area contributed by atoms with Crippen LogP contribution in [0.15, 0.2) is 28.6 Å². The minimum atomic E-state index is -4.38. The topological polar surface area (TPSA) is 80.3 Å². The van der Waals surface area contributed by atoms with Crippen molar-refractivity contribution in [3.05, 3.63) is 30.0 Å². The smallest absolute Gasteiger partial charge is 0.381 e. The molecule has 1 fully saturated rings. The number of thiophene rings is 1. The zero-order valence-electron chi connectivity index (χ0n) is 14.6. The molecule has 2 aliphatic rings. The number of nitrogens with one attached hydrogen (secondary N) is 2. The Balaban J connectivity index is 1.58. The van der Waals surface area contributed by atoms with E-state index in [2.05, 4.69) is 15.0 Å². The van der Waals surface area contributed by atoms with Gasteiger partial charge in [-0.1, -0.05) is 0 Å². The molecule has 0 aliphatic carbocycles. The average molecular weight is 433 g/mol. The maximum Gasteiger partial charge on any atom is 0.408 e. The van der Waals surface area contributed by atoms with Crippen molar-refractivity contribution in [2.75, 3.05) is 18.5 Å². The summed E-state index contributed by atoms with van der Waals surface area (Å²) in [5.74, 6) is 0.193. The molecule has 11 heteroatoms. The number of anilines is 1. The summed E-state index contributed by atoms with van der Waals surface area (Å²) < 4.78 is 72.5. The lowest BCUT2D eigenvalue weighted by atomic mass is 10.0. The minimum absolute atomic E-state index is 0.137. The van der Waals surface area contributed by atoms with E-state index < -0.39 is 22.2 Å². The molecule has 2 aromatic rings. The third-order valence-corrected chi connectivity index (χ3v) is 7.96. The molecule has 28 heavy (non-hydrogen) atoms. The Kier molecular flexibility index (Phi) is 5.10. The standard InChI is InChI=1S/C17H18F3N3O3S2/c18-17(19,20)14-9-12-11(3-6-21-16(12)22-14)13-1-2-15(27-13)28(24,25)23-10-4-7-26-8-5-10/h1-3,6,10,14,23H,4-5,7-9H2,(H,21,22). The number of aromatic nitrogens is 1. The van der Waals surface area contributed by atoms with Crippen LogP contribution < -0.4 is 10.0 Å². The highest BCUT2D eigenvalue weighted by atomic mass is 32.2. The largest absolute Gasteiger partial charge is 0.408 e. The van der Waals surface area contributed by atoms with Crippen LogP contribution in [0.1, 0.15) is 18.4 Å². The minimum Gasteiger partial charge on any atom is -0.381 e. The zero-order valence-corrected chi connectivity index (χ0v) is 16.3. The van der Waals surface area contributed by atoms with E-state index in [1.165, 1.54) is 12.3 Å². The molecule has 1 atom stereocenters. The van der Waals surface area contributed by atoms with Crippen molar-refractivity contribution >= 4 is 27.2 Å². The van der Waals surface area contributed by atoms with Crippen molar-refractivity contribution in [1.29, 1.82) is 0 Å². The van der Waals surface area contributed by atoms with E-state index in [4.69, 9.17) is 4.74 Å². The number of nitrogens with zero attached hydrogens (tertiary/aromatic N) is 1. The molecule has 152 valence electrons. The van der Waals surface area contributed by atoms with Crippen molar-refractivity contribution in [3.8, 4) is 10.4 Å². The summed E-state index contributed by atoms with van der Waals surface area (Å²) in [5, 5.41) is 2.40. The van der Waals surface area contributed by atoms with Gasteiger partial charge in [-0.2, -0.15) is 13.2 Å². The normalized spacial score (nSPS) is 20.8. The molecule has 0 spiro atoms. The Morgan fingerprint density at radius 1 is 1.21 bits per heavy atom. The Morgan fingerprint density at radius 3 is 2.68 bits per heavy atom. The molecular weight excluding hydrogens is 415 g/mol. The van der Waals surface area contributed by atoms with E-state index >= 15 is 0 Å². The van der Waals surface area contributed by atoms with Crippen molar-refractivity contribution in [1.82, 2.24) is 9.71 Å². The number of hydrogen-bond acceptors (Lipinski definition) is 6. The van der Waals surface area contributed by atoms with Crippen LogP contribution in [0, 0.1) is 0 Å². The first-order valence-corrected chi connectivity index (χ1v) is 11.1. The molecule has 4 heterocycles. The predicted molar refractivity (Wildman–Crippen MR) is 98.9 cm³/mol. The molecule has 1 unspecified atom stereocenters. The van der Waals surface area contributed by atoms with Gasteiger partial charge in [-0.3, -0.25) is 0 Å². The molecular formula is C17H18F3N3O3S2. The quantitative estimate of drug-likeness (QED) is 0.774. The van der Waals surface area contributed by atoms with E-state index in [1.54, 1.807) is 12.1 Å². The van der Waals surface area contributed by atoms with Gasteiger partial charge in [0.2, 0.25) is 10.0 Å². The van der Waals surface area contributed by atoms with Gasteiger partial charge in [-0.05, 0) is 31.0 Å². The molecule has 0 saturated carbocycles. The van der Waals surface area contributed by atoms with E-state index in [0.717, 1.165) is 11.3 Å². The number of alkyl halides is 3. The third-order valence-electron chi connectivity index (χ3n) is 4.82. The fraction of sp³-hybridized carbons (Fsp3) is 0.471. The van der Waals surface area contributed by atoms with Crippen LogP contribution in [0.4, 0.5) is 19.0 Å². The van der Waals surface area contributed by atoms with Crippen LogP contribution in [0.25, 0.3) is 10.4 Å². The van der Waals surface area contributed by atoms with E-state index in [9.17, 15) is 21.6 Å². The van der Waals surface area contributed by atoms with Gasteiger partial charge in [0.15, 0.2) is 0 Å². The Hall–Kier alpha value is -1.69. The van der Waals surface area contributed by atoms with E-state index in [-0.39, 0.29) is 22.5 Å². The monoisotopic (exact) mass is 433 g/mol. The molecule has 0 amide bonds. The number of pyridine rings is 1. The molecule has 4 rings (SSSR count). The summed E-state index contributed by atoms with van der Waals surface area (Å²) in [5.41, 5.74) is 1.02. The molecule has 2 N–H and O–H groups in total. The van der Waals surface area contributed by atoms with Gasteiger partial charge in [0, 0.05) is 47.9 Å². The van der Waals surface area contributed by atoms with Gasteiger partial charge in [-0.15, -0.1) is 11.3 Å². The SMILES string of the molecule is O=S(=O)(NC1CCOCC1)c1ccc(-c2ccnc3c2CC(C(F)(F)F)N3)s1. The van der Waals surface area contributed by atoms with E-state index in [0.29, 0.717) is 42.1 Å². The molecule has 2 aromatic heterocycles. The zero-order chi connectivity index (χ0) is 19.9. The summed E-state index contributed by atoms with van der Waals surface area (Å²) in [6.45, 7) is 1.03. The molecule has 1 saturated heterocycles. The molecule has 0 bridgehead atoms. The van der Waals surface area contributed by atoms with Crippen LogP contribution in [-0.4, -0.2) is 44.9 Å². The van der Waals surface area contributed by atoms with Crippen LogP contribution in [0.2, 0.25) is 0 Å². The highest BCUT2D eigenvalue weighted by Gasteiger charge is 2.44. The van der Waals surface area contributed by atoms with Gasteiger partial charge < -0.3 is 10.1 Å². The highest BCUT2D eigenvalue weighted by Crippen LogP contribution is 2.40. The molecule has 0 aromatic carbocycles. The Labute approximate surface area is 164 Å². The second-order valence-electron chi connectivity index (χ2n) is 6.75. The summed E-state index contributed by atoms with van der Waals surface area (Å²) >= 11 is 1.04. The first-order valence-electron chi connectivity index (χ1n) is 8.75. The van der Waals surface area contributed by atoms with Gasteiger partial charge in [0.05, 0.1) is 0 Å². The highest BCUT2D eigenvalue weighted by molar-refractivity contribution is 7.91. The summed E-state index contributed by atoms with van der Waals surface area (Å²) in [7, 11) is -3.69. The molecule has 6 nitrogen and oxygen atoms in total. The summed E-state index contributed by atoms with van der Waals surface area (Å²) in [6.07, 6.45) is -1.97. The van der Waals surface area contributed by atoms with Gasteiger partial charge in [0.25, 0.3) is 0 Å². The van der Waals surface area contributed by atoms with Crippen molar-refractivity contribution < 1.29 is 26.3 Å². The number of ether oxygens (including phenoxy) is 1. The van der Waals surface area contributed by atoms with Gasteiger partial charge in [0.1, 0.15) is 16.1 Å². The number of rotatable bonds is 4. The fourth-order valence-electron chi connectivity index (χ4n) is 3.37. The number of hydrogen-bond donors (Lipinski definition) is 2. The van der Waals surface area contributed by atoms with Gasteiger partial charge >= 0.3 is 6.18 Å². The maximum atomic E-state index is 13.1. The lowest BCUT2D eigenvalue weighted by Crippen LogP contribution is -2.38. The molecule has 0 radical (unpaired) electrons. The van der Waals surface area contributed by atoms with Crippen molar-refractivity contribution in [2.45, 2.75) is 41.7 Å². The predicted octanol–water partition coefficient (Wildman–Crippen LogP) is 3.17. The summed E-state index contributed by atoms with van der Waals surface area (Å²) in [4.78, 5) is 4.59. The van der Waals surface area contributed by atoms with E-state index in [1.807, 2.05) is 0 Å². The number of halogens is 3. The number of fused-ring (bicyclic) bond motifs is 1. The van der Waals surface area contributed by atoms with Gasteiger partial charge in [-0.25, -0.2) is 18.1 Å². The third kappa shape index (κ3) is 3.88. The first kappa shape index (κ1) is 19.6. The first-order chi connectivity index (χ1) is 13.2. The van der Waals surface area contributed by atoms with Crippen LogP contribution in [0.3, 0.4) is 0 Å².